The zero-order chi connectivity index (χ0) is 36.7. The minimum absolute atomic E-state index is 0.0171. The van der Waals surface area contributed by atoms with Crippen LogP contribution in [0.2, 0.25) is 0 Å². The lowest BCUT2D eigenvalue weighted by Crippen LogP contribution is -2.62. The molecule has 2 bridgehead atoms. The van der Waals surface area contributed by atoms with Gasteiger partial charge < -0.3 is 30.3 Å². The van der Waals surface area contributed by atoms with Gasteiger partial charge in [0.05, 0.1) is 19.8 Å². The molecule has 0 aromatic heterocycles. The third-order valence-electron chi connectivity index (χ3n) is 11.8. The first-order chi connectivity index (χ1) is 23.5. The van der Waals surface area contributed by atoms with Crippen LogP contribution in [0, 0.1) is 29.1 Å². The van der Waals surface area contributed by atoms with Crippen molar-refractivity contribution in [1.29, 1.82) is 0 Å². The summed E-state index contributed by atoms with van der Waals surface area (Å²) in [5.41, 5.74) is 4.84. The molecule has 3 amide bonds. The minimum Gasteiger partial charge on any atom is -0.496 e. The number of amides is 3. The van der Waals surface area contributed by atoms with Crippen LogP contribution in [0.15, 0.2) is 36.4 Å². The zero-order valence-electron chi connectivity index (χ0n) is 31.4. The Morgan fingerprint density at radius 2 is 1.84 bits per heavy atom. The predicted octanol–water partition coefficient (Wildman–Crippen LogP) is 4.21. The Labute approximate surface area is 297 Å². The second kappa shape index (κ2) is 14.9. The fourth-order valence-electron chi connectivity index (χ4n) is 8.66. The molecule has 50 heavy (non-hydrogen) atoms. The Balaban J connectivity index is 1.48. The van der Waals surface area contributed by atoms with Crippen LogP contribution in [-0.4, -0.2) is 91.9 Å². The van der Waals surface area contributed by atoms with E-state index in [0.717, 1.165) is 34.4 Å². The molecule has 4 aliphatic rings. The fourth-order valence-corrected chi connectivity index (χ4v) is 8.66. The summed E-state index contributed by atoms with van der Waals surface area (Å²) in [4.78, 5) is 48.5. The Bertz CT molecular complexity index is 1580. The van der Waals surface area contributed by atoms with Crippen molar-refractivity contribution in [2.24, 2.45) is 29.1 Å². The van der Waals surface area contributed by atoms with Gasteiger partial charge in [-0.25, -0.2) is 0 Å². The summed E-state index contributed by atoms with van der Waals surface area (Å²) in [6.45, 7) is 12.4. The molecule has 0 spiro atoms. The van der Waals surface area contributed by atoms with Gasteiger partial charge in [-0.2, -0.15) is 5.06 Å². The third kappa shape index (κ3) is 7.50. The SMILES string of the molecule is COc1c(CN2O[C@@H](CNC(C)=O)[C@@H]([C@H](C)O)[C@H]2C(=O)N[C@H]2C[C@H]3C[C@@H]([C@@H]2C)C3(C)C)cccc1-c1cc(CN(C)C(C)=O)cc(N(C)C)c1. The number of ether oxygens (including phenoxy) is 1. The molecule has 0 unspecified atom stereocenters. The first-order valence-electron chi connectivity index (χ1n) is 17.9. The van der Waals surface area contributed by atoms with Crippen LogP contribution in [-0.2, 0) is 32.3 Å². The standard InChI is InChI=1S/C39H57N5O6/c1-22-32-17-29(39(32,5)6)18-33(22)41-38(48)36-35(23(2)45)34(19-40-24(3)46)50-44(36)21-27-12-11-13-31(37(27)49-10)28-14-26(20-43(9)25(4)47)15-30(16-28)42(7)8/h11-16,22-23,29,32-36,45H,17-21H2,1-10H3,(H,40,46)(H,41,48)/t22-,23-,29+,32-,33-,34-,35+,36-/m0/s1. The van der Waals surface area contributed by atoms with Gasteiger partial charge in [-0.3, -0.25) is 19.2 Å². The number of hydroxylamine groups is 2. The number of aliphatic hydroxyl groups excluding tert-OH is 1. The molecule has 0 radical (unpaired) electrons. The highest BCUT2D eigenvalue weighted by Gasteiger charge is 2.57. The van der Waals surface area contributed by atoms with Gasteiger partial charge in [0.15, 0.2) is 0 Å². The van der Waals surface area contributed by atoms with E-state index in [-0.39, 0.29) is 42.3 Å². The first kappa shape index (κ1) is 37.6. The van der Waals surface area contributed by atoms with E-state index in [4.69, 9.17) is 9.57 Å². The largest absolute Gasteiger partial charge is 0.496 e. The quantitative estimate of drug-likeness (QED) is 0.303. The second-order valence-electron chi connectivity index (χ2n) is 15.6. The average Bonchev–Trinajstić information content (AvgIpc) is 3.42. The van der Waals surface area contributed by atoms with Crippen molar-refractivity contribution in [2.75, 3.05) is 39.7 Å². The number of carbonyl (C=O) groups is 3. The maximum Gasteiger partial charge on any atom is 0.240 e. The van der Waals surface area contributed by atoms with Gasteiger partial charge in [-0.05, 0) is 72.3 Å². The molecule has 6 rings (SSSR count). The topological polar surface area (TPSA) is 124 Å². The van der Waals surface area contributed by atoms with Gasteiger partial charge >= 0.3 is 0 Å². The number of fused-ring (bicyclic) bond motifs is 2. The summed E-state index contributed by atoms with van der Waals surface area (Å²) < 4.78 is 6.08. The number of para-hydroxylation sites is 1. The maximum absolute atomic E-state index is 14.4. The molecule has 1 heterocycles. The third-order valence-corrected chi connectivity index (χ3v) is 11.8. The van der Waals surface area contributed by atoms with Crippen LogP contribution in [0.1, 0.15) is 65.5 Å². The highest BCUT2D eigenvalue weighted by molar-refractivity contribution is 5.83. The van der Waals surface area contributed by atoms with Crippen molar-refractivity contribution >= 4 is 23.4 Å². The Kier molecular flexibility index (Phi) is 11.2. The molecule has 274 valence electrons. The number of anilines is 1. The maximum atomic E-state index is 14.4. The van der Waals surface area contributed by atoms with E-state index in [2.05, 4.69) is 49.6 Å². The summed E-state index contributed by atoms with van der Waals surface area (Å²) in [6.07, 6.45) is 0.651. The smallest absolute Gasteiger partial charge is 0.240 e. The molecule has 8 atom stereocenters. The number of hydrogen-bond acceptors (Lipinski definition) is 8. The van der Waals surface area contributed by atoms with E-state index in [1.807, 2.05) is 37.2 Å². The molecule has 2 aromatic rings. The van der Waals surface area contributed by atoms with E-state index in [1.165, 1.54) is 13.3 Å². The number of hydrogen-bond donors (Lipinski definition) is 3. The fraction of sp³-hybridized carbons (Fsp3) is 0.615. The van der Waals surface area contributed by atoms with Crippen molar-refractivity contribution in [3.8, 4) is 16.9 Å². The van der Waals surface area contributed by atoms with E-state index in [1.54, 1.807) is 38.0 Å². The average molecular weight is 692 g/mol. The van der Waals surface area contributed by atoms with Crippen molar-refractivity contribution in [1.82, 2.24) is 20.6 Å². The minimum atomic E-state index is -0.876. The summed E-state index contributed by atoms with van der Waals surface area (Å²) in [5.74, 6) is 1.12. The molecule has 1 saturated heterocycles. The Morgan fingerprint density at radius 3 is 2.42 bits per heavy atom. The number of methoxy groups -OCH3 is 1. The lowest BCUT2D eigenvalue weighted by Gasteiger charge is -2.62. The van der Waals surface area contributed by atoms with Crippen LogP contribution in [0.25, 0.3) is 11.1 Å². The van der Waals surface area contributed by atoms with E-state index >= 15 is 0 Å². The molecule has 2 aromatic carbocycles. The van der Waals surface area contributed by atoms with Crippen molar-refractivity contribution in [3.63, 3.8) is 0 Å². The number of carbonyl (C=O) groups excluding carboxylic acids is 3. The predicted molar refractivity (Wildman–Crippen MR) is 194 cm³/mol. The Hall–Kier alpha value is -3.67. The number of aliphatic hydroxyl groups is 1. The lowest BCUT2D eigenvalue weighted by molar-refractivity contribution is -0.177. The first-order valence-corrected chi connectivity index (χ1v) is 17.9. The van der Waals surface area contributed by atoms with Crippen LogP contribution in [0.4, 0.5) is 5.69 Å². The van der Waals surface area contributed by atoms with E-state index in [9.17, 15) is 19.5 Å². The summed E-state index contributed by atoms with van der Waals surface area (Å²) in [5, 5.41) is 19.0. The van der Waals surface area contributed by atoms with Crippen LogP contribution in [0.5, 0.6) is 5.75 Å². The molecule has 1 aliphatic heterocycles. The molecule has 3 N–H and O–H groups in total. The van der Waals surface area contributed by atoms with Gasteiger partial charge in [0.25, 0.3) is 0 Å². The molecule has 11 heteroatoms. The second-order valence-corrected chi connectivity index (χ2v) is 15.6. The van der Waals surface area contributed by atoms with E-state index < -0.39 is 24.2 Å². The van der Waals surface area contributed by atoms with Crippen LogP contribution >= 0.6 is 0 Å². The number of nitrogens with zero attached hydrogens (tertiary/aromatic N) is 3. The van der Waals surface area contributed by atoms with E-state index in [0.29, 0.717) is 30.0 Å². The molecule has 3 aliphatic carbocycles. The summed E-state index contributed by atoms with van der Waals surface area (Å²) in [6, 6.07) is 11.4. The molecule has 11 nitrogen and oxygen atoms in total. The van der Waals surface area contributed by atoms with Crippen LogP contribution < -0.4 is 20.3 Å². The van der Waals surface area contributed by atoms with Gasteiger partial charge in [0.2, 0.25) is 17.7 Å². The molecular weight excluding hydrogens is 634 g/mol. The normalized spacial score (nSPS) is 27.5. The number of nitrogens with one attached hydrogen (secondary N) is 2. The highest BCUT2D eigenvalue weighted by Crippen LogP contribution is 2.61. The zero-order valence-corrected chi connectivity index (χ0v) is 31.4. The van der Waals surface area contributed by atoms with Gasteiger partial charge in [-0.15, -0.1) is 0 Å². The van der Waals surface area contributed by atoms with Crippen molar-refractivity contribution in [3.05, 3.63) is 47.5 Å². The molecular formula is C39H57N5O6. The van der Waals surface area contributed by atoms with Gasteiger partial charge in [0, 0.05) is 76.9 Å². The monoisotopic (exact) mass is 691 g/mol. The van der Waals surface area contributed by atoms with Crippen LogP contribution in [0.3, 0.4) is 0 Å². The number of benzene rings is 2. The molecule has 4 fully saturated rings. The van der Waals surface area contributed by atoms with Crippen molar-refractivity contribution < 1.29 is 29.1 Å². The highest BCUT2D eigenvalue weighted by atomic mass is 16.7. The Morgan fingerprint density at radius 1 is 1.12 bits per heavy atom. The van der Waals surface area contributed by atoms with Crippen molar-refractivity contribution in [2.45, 2.75) is 91.8 Å². The van der Waals surface area contributed by atoms with Gasteiger partial charge in [-0.1, -0.05) is 39.0 Å². The summed E-state index contributed by atoms with van der Waals surface area (Å²) in [7, 11) is 7.38. The van der Waals surface area contributed by atoms with Gasteiger partial charge in [0.1, 0.15) is 17.9 Å². The lowest BCUT2D eigenvalue weighted by atomic mass is 9.45. The summed E-state index contributed by atoms with van der Waals surface area (Å²) >= 11 is 0. The number of rotatable bonds is 12. The molecule has 3 saturated carbocycles.